The number of aromatic nitrogens is 1. The number of carbonyl (C=O) groups is 2. The number of piperazine rings is 1. The molecule has 1 aliphatic rings. The largest absolute Gasteiger partial charge is 0.334 e. The molecule has 2 aromatic carbocycles. The highest BCUT2D eigenvalue weighted by Gasteiger charge is 2.32. The van der Waals surface area contributed by atoms with E-state index in [9.17, 15) is 14.0 Å². The van der Waals surface area contributed by atoms with Crippen LogP contribution in [0.1, 0.15) is 46.3 Å². The van der Waals surface area contributed by atoms with Gasteiger partial charge in [-0.1, -0.05) is 30.3 Å². The molecular formula is C27H26FN3O2S. The lowest BCUT2D eigenvalue weighted by molar-refractivity contribution is 0.0409. The maximum atomic E-state index is 13.7. The van der Waals surface area contributed by atoms with Gasteiger partial charge in [0.05, 0.1) is 6.04 Å². The van der Waals surface area contributed by atoms with E-state index in [-0.39, 0.29) is 29.7 Å². The second-order valence-corrected chi connectivity index (χ2v) is 9.67. The first-order chi connectivity index (χ1) is 16.4. The van der Waals surface area contributed by atoms with E-state index in [2.05, 4.69) is 29.0 Å². The Morgan fingerprint density at radius 3 is 2.44 bits per heavy atom. The molecule has 1 saturated heterocycles. The zero-order valence-electron chi connectivity index (χ0n) is 19.1. The highest BCUT2D eigenvalue weighted by atomic mass is 32.1. The van der Waals surface area contributed by atoms with Crippen LogP contribution in [0.4, 0.5) is 4.39 Å². The van der Waals surface area contributed by atoms with E-state index in [1.807, 2.05) is 42.2 Å². The summed E-state index contributed by atoms with van der Waals surface area (Å²) in [5.41, 5.74) is 2.27. The summed E-state index contributed by atoms with van der Waals surface area (Å²) < 4.78 is 15.4. The summed E-state index contributed by atoms with van der Waals surface area (Å²) in [6.45, 7) is 5.41. The molecule has 0 aliphatic carbocycles. The number of rotatable bonds is 4. The van der Waals surface area contributed by atoms with Crippen molar-refractivity contribution in [1.29, 1.82) is 0 Å². The smallest absolute Gasteiger partial charge is 0.270 e. The molecule has 2 aromatic heterocycles. The number of thiophene rings is 1. The summed E-state index contributed by atoms with van der Waals surface area (Å²) in [5, 5.41) is 3.11. The molecule has 0 radical (unpaired) electrons. The number of carbonyl (C=O) groups excluding carboxylic acids is 2. The predicted molar refractivity (Wildman–Crippen MR) is 133 cm³/mol. The van der Waals surface area contributed by atoms with E-state index in [0.717, 1.165) is 15.8 Å². The van der Waals surface area contributed by atoms with E-state index in [0.29, 0.717) is 30.9 Å². The Balaban J connectivity index is 1.39. The van der Waals surface area contributed by atoms with Gasteiger partial charge < -0.3 is 14.4 Å². The van der Waals surface area contributed by atoms with Crippen molar-refractivity contribution < 1.29 is 14.0 Å². The zero-order valence-corrected chi connectivity index (χ0v) is 20.0. The van der Waals surface area contributed by atoms with Crippen LogP contribution in [0.3, 0.4) is 0 Å². The minimum atomic E-state index is -0.368. The summed E-state index contributed by atoms with van der Waals surface area (Å²) in [6.07, 6.45) is 0. The van der Waals surface area contributed by atoms with Gasteiger partial charge in [-0.15, -0.1) is 11.3 Å². The monoisotopic (exact) mass is 475 g/mol. The Morgan fingerprint density at radius 2 is 1.74 bits per heavy atom. The van der Waals surface area contributed by atoms with Gasteiger partial charge in [0.1, 0.15) is 16.3 Å². The number of amides is 2. The van der Waals surface area contributed by atoms with Crippen molar-refractivity contribution in [3.8, 4) is 0 Å². The molecule has 0 unspecified atom stereocenters. The molecule has 4 aromatic rings. The fourth-order valence-electron chi connectivity index (χ4n) is 4.74. The number of halogens is 1. The first-order valence-electron chi connectivity index (χ1n) is 11.4. The second-order valence-electron chi connectivity index (χ2n) is 8.77. The van der Waals surface area contributed by atoms with Crippen LogP contribution >= 0.6 is 11.3 Å². The molecule has 5 rings (SSSR count). The molecule has 3 heterocycles. The molecule has 0 bridgehead atoms. The van der Waals surface area contributed by atoms with Crippen molar-refractivity contribution >= 4 is 33.4 Å². The van der Waals surface area contributed by atoms with E-state index in [4.69, 9.17) is 0 Å². The molecule has 0 N–H and O–H groups in total. The van der Waals surface area contributed by atoms with Crippen LogP contribution in [0.15, 0.2) is 72.1 Å². The van der Waals surface area contributed by atoms with Crippen LogP contribution in [0.25, 0.3) is 10.2 Å². The average Bonchev–Trinajstić information content (AvgIpc) is 3.45. The molecule has 34 heavy (non-hydrogen) atoms. The van der Waals surface area contributed by atoms with Gasteiger partial charge in [-0.3, -0.25) is 9.59 Å². The van der Waals surface area contributed by atoms with Crippen LogP contribution < -0.4 is 0 Å². The standard InChI is InChI=1S/C27H26FN3O2S/c1-18-17-29(13-14-30(18)25(32)21-8-10-23(28)11-9-21)26(33)24-16-22-12-15-34-27(22)31(24)19(2)20-6-4-3-5-7-20/h3-12,15-16,18-19H,13-14,17H2,1-2H3/t18-,19-/m0/s1. The summed E-state index contributed by atoms with van der Waals surface area (Å²) in [5.74, 6) is -0.527. The Kier molecular flexibility index (Phi) is 5.96. The highest BCUT2D eigenvalue weighted by molar-refractivity contribution is 7.16. The molecule has 5 nitrogen and oxygen atoms in total. The van der Waals surface area contributed by atoms with Gasteiger partial charge >= 0.3 is 0 Å². The van der Waals surface area contributed by atoms with Crippen molar-refractivity contribution in [2.24, 2.45) is 0 Å². The number of fused-ring (bicyclic) bond motifs is 1. The second kappa shape index (κ2) is 9.06. The molecule has 0 spiro atoms. The third kappa shape index (κ3) is 4.01. The maximum Gasteiger partial charge on any atom is 0.270 e. The van der Waals surface area contributed by atoms with E-state index in [1.54, 1.807) is 16.2 Å². The predicted octanol–water partition coefficient (Wildman–Crippen LogP) is 5.44. The van der Waals surface area contributed by atoms with Crippen LogP contribution in [-0.4, -0.2) is 51.9 Å². The number of hydrogen-bond acceptors (Lipinski definition) is 3. The van der Waals surface area contributed by atoms with Gasteiger partial charge in [-0.25, -0.2) is 4.39 Å². The Bertz CT molecular complexity index is 1330. The van der Waals surface area contributed by atoms with Crippen LogP contribution in [0, 0.1) is 5.82 Å². The van der Waals surface area contributed by atoms with Gasteiger partial charge in [0.2, 0.25) is 0 Å². The first-order valence-corrected chi connectivity index (χ1v) is 12.3. The lowest BCUT2D eigenvalue weighted by Gasteiger charge is -2.40. The normalized spacial score (nSPS) is 17.2. The van der Waals surface area contributed by atoms with Crippen molar-refractivity contribution in [1.82, 2.24) is 14.4 Å². The molecule has 1 fully saturated rings. The summed E-state index contributed by atoms with van der Waals surface area (Å²) in [6, 6.07) is 19.7. The third-order valence-corrected chi connectivity index (χ3v) is 7.53. The third-order valence-electron chi connectivity index (χ3n) is 6.60. The fraction of sp³-hybridized carbons (Fsp3) is 0.259. The minimum Gasteiger partial charge on any atom is -0.334 e. The first kappa shape index (κ1) is 22.3. The van der Waals surface area contributed by atoms with Gasteiger partial charge in [0.15, 0.2) is 0 Å². The van der Waals surface area contributed by atoms with Crippen LogP contribution in [-0.2, 0) is 0 Å². The lowest BCUT2D eigenvalue weighted by atomic mass is 10.1. The van der Waals surface area contributed by atoms with Gasteiger partial charge in [-0.05, 0) is 61.2 Å². The van der Waals surface area contributed by atoms with Crippen LogP contribution in [0.2, 0.25) is 0 Å². The Hall–Kier alpha value is -3.45. The lowest BCUT2D eigenvalue weighted by Crippen LogP contribution is -2.55. The number of benzene rings is 2. The van der Waals surface area contributed by atoms with Crippen molar-refractivity contribution in [3.05, 3.63) is 94.7 Å². The molecule has 1 aliphatic heterocycles. The fourth-order valence-corrected chi connectivity index (χ4v) is 5.71. The van der Waals surface area contributed by atoms with Gasteiger partial charge in [-0.2, -0.15) is 0 Å². The Labute approximate surface area is 202 Å². The topological polar surface area (TPSA) is 45.6 Å². The summed E-state index contributed by atoms with van der Waals surface area (Å²) >= 11 is 1.64. The van der Waals surface area contributed by atoms with Crippen molar-refractivity contribution in [2.75, 3.05) is 19.6 Å². The SMILES string of the molecule is C[C@H]1CN(C(=O)c2cc3ccsc3n2[C@@H](C)c2ccccc2)CCN1C(=O)c1ccc(F)cc1. The molecule has 174 valence electrons. The van der Waals surface area contributed by atoms with Crippen molar-refractivity contribution in [2.45, 2.75) is 25.9 Å². The minimum absolute atomic E-state index is 0.00932. The van der Waals surface area contributed by atoms with E-state index < -0.39 is 0 Å². The van der Waals surface area contributed by atoms with Gasteiger partial charge in [0.25, 0.3) is 11.8 Å². The maximum absolute atomic E-state index is 13.7. The highest BCUT2D eigenvalue weighted by Crippen LogP contribution is 2.32. The zero-order chi connectivity index (χ0) is 23.8. The number of nitrogens with zero attached hydrogens (tertiary/aromatic N) is 3. The molecule has 0 saturated carbocycles. The molecule has 2 amide bonds. The average molecular weight is 476 g/mol. The van der Waals surface area contributed by atoms with E-state index >= 15 is 0 Å². The summed E-state index contributed by atoms with van der Waals surface area (Å²) in [7, 11) is 0. The van der Waals surface area contributed by atoms with Gasteiger partial charge in [0, 0.05) is 36.6 Å². The molecular weight excluding hydrogens is 449 g/mol. The van der Waals surface area contributed by atoms with E-state index in [1.165, 1.54) is 24.3 Å². The quantitative estimate of drug-likeness (QED) is 0.395. The Morgan fingerprint density at radius 1 is 1.00 bits per heavy atom. The summed E-state index contributed by atoms with van der Waals surface area (Å²) in [4.78, 5) is 31.4. The van der Waals surface area contributed by atoms with Crippen LogP contribution in [0.5, 0.6) is 0 Å². The number of hydrogen-bond donors (Lipinski definition) is 0. The molecule has 7 heteroatoms. The molecule has 2 atom stereocenters. The van der Waals surface area contributed by atoms with Crippen molar-refractivity contribution in [3.63, 3.8) is 0 Å².